The minimum Gasteiger partial charge on any atom is -0.507 e. The summed E-state index contributed by atoms with van der Waals surface area (Å²) in [5.41, 5.74) is 0.606. The van der Waals surface area contributed by atoms with E-state index in [2.05, 4.69) is 15.9 Å². The van der Waals surface area contributed by atoms with Crippen LogP contribution in [0.15, 0.2) is 76.8 Å². The van der Waals surface area contributed by atoms with E-state index in [4.69, 9.17) is 4.74 Å². The lowest BCUT2D eigenvalue weighted by molar-refractivity contribution is -0.132. The number of ketones is 1. The zero-order valence-electron chi connectivity index (χ0n) is 17.4. The van der Waals surface area contributed by atoms with Crippen molar-refractivity contribution in [3.8, 4) is 5.75 Å². The van der Waals surface area contributed by atoms with Crippen LogP contribution >= 0.6 is 15.9 Å². The summed E-state index contributed by atoms with van der Waals surface area (Å²) in [6.07, 6.45) is 0. The van der Waals surface area contributed by atoms with E-state index in [0.717, 1.165) is 21.5 Å². The van der Waals surface area contributed by atoms with Crippen LogP contribution < -0.4 is 9.64 Å². The van der Waals surface area contributed by atoms with Crippen LogP contribution in [0.1, 0.15) is 24.1 Å². The van der Waals surface area contributed by atoms with Gasteiger partial charge in [0, 0.05) is 21.8 Å². The molecule has 1 unspecified atom stereocenters. The molecule has 1 N–H and O–H groups in total. The second-order valence-electron chi connectivity index (χ2n) is 7.28. The molecule has 0 aromatic heterocycles. The Morgan fingerprint density at radius 1 is 1.03 bits per heavy atom. The largest absolute Gasteiger partial charge is 0.507 e. The highest BCUT2D eigenvalue weighted by atomic mass is 79.9. The Morgan fingerprint density at radius 2 is 1.76 bits per heavy atom. The summed E-state index contributed by atoms with van der Waals surface area (Å²) in [4.78, 5) is 27.2. The van der Waals surface area contributed by atoms with Gasteiger partial charge in [-0.25, -0.2) is 8.78 Å². The molecule has 0 bridgehead atoms. The van der Waals surface area contributed by atoms with Crippen LogP contribution in [0, 0.1) is 11.6 Å². The van der Waals surface area contributed by atoms with Gasteiger partial charge in [0.05, 0.1) is 18.2 Å². The molecule has 33 heavy (non-hydrogen) atoms. The topological polar surface area (TPSA) is 66.8 Å². The summed E-state index contributed by atoms with van der Waals surface area (Å²) in [7, 11) is 0. The molecular formula is C25H18BrF2NO4. The number of Topliss-reactive ketones (excluding diaryl/α,β-unsaturated/α-hetero) is 1. The van der Waals surface area contributed by atoms with Gasteiger partial charge in [-0.1, -0.05) is 40.2 Å². The van der Waals surface area contributed by atoms with Gasteiger partial charge in [0.25, 0.3) is 11.7 Å². The Hall–Kier alpha value is -3.52. The molecule has 1 aliphatic rings. The number of nitrogens with zero attached hydrogens (tertiary/aromatic N) is 1. The van der Waals surface area contributed by atoms with Crippen molar-refractivity contribution in [3.05, 3.63) is 99.5 Å². The van der Waals surface area contributed by atoms with Crippen LogP contribution in [0.25, 0.3) is 5.76 Å². The predicted octanol–water partition coefficient (Wildman–Crippen LogP) is 5.75. The molecule has 1 amide bonds. The van der Waals surface area contributed by atoms with Gasteiger partial charge < -0.3 is 9.84 Å². The van der Waals surface area contributed by atoms with Crippen LogP contribution in [-0.2, 0) is 9.59 Å². The Labute approximate surface area is 197 Å². The van der Waals surface area contributed by atoms with E-state index >= 15 is 0 Å². The summed E-state index contributed by atoms with van der Waals surface area (Å²) >= 11 is 3.32. The second-order valence-corrected chi connectivity index (χ2v) is 8.20. The maximum absolute atomic E-state index is 14.0. The molecule has 8 heteroatoms. The minimum atomic E-state index is -1.16. The SMILES string of the molecule is CCOc1cccc(C2/C(=C(\O)c3ccc(Br)cc3)C(=O)C(=O)N2c2ccc(F)c(F)c2)c1. The molecule has 4 rings (SSSR count). The standard InChI is InChI=1S/C25H18BrF2NO4/c1-2-33-18-5-3-4-15(12-18)22-21(23(30)14-6-8-16(26)9-7-14)24(31)25(32)29(22)17-10-11-19(27)20(28)13-17/h3-13,22,30H,2H2,1H3/b23-21+. The Balaban J connectivity index is 1.95. The highest BCUT2D eigenvalue weighted by molar-refractivity contribution is 9.10. The molecule has 0 aliphatic carbocycles. The lowest BCUT2D eigenvalue weighted by atomic mass is 9.95. The average Bonchev–Trinajstić information content (AvgIpc) is 3.07. The molecule has 3 aromatic rings. The fourth-order valence-electron chi connectivity index (χ4n) is 3.75. The van der Waals surface area contributed by atoms with E-state index in [1.165, 1.54) is 6.07 Å². The molecule has 168 valence electrons. The van der Waals surface area contributed by atoms with Crippen molar-refractivity contribution < 1.29 is 28.2 Å². The van der Waals surface area contributed by atoms with Gasteiger partial charge in [-0.15, -0.1) is 0 Å². The number of ether oxygens (including phenoxy) is 1. The smallest absolute Gasteiger partial charge is 0.300 e. The van der Waals surface area contributed by atoms with Crippen molar-refractivity contribution in [2.75, 3.05) is 11.5 Å². The number of anilines is 1. The number of benzene rings is 3. The predicted molar refractivity (Wildman–Crippen MR) is 123 cm³/mol. The molecule has 1 fully saturated rings. The third-order valence-electron chi connectivity index (χ3n) is 5.23. The quantitative estimate of drug-likeness (QED) is 0.268. The maximum Gasteiger partial charge on any atom is 0.300 e. The molecule has 0 spiro atoms. The number of carbonyl (C=O) groups excluding carboxylic acids is 2. The van der Waals surface area contributed by atoms with Gasteiger partial charge in [-0.2, -0.15) is 0 Å². The molecule has 1 aliphatic heterocycles. The number of hydrogen-bond acceptors (Lipinski definition) is 4. The fourth-order valence-corrected chi connectivity index (χ4v) is 4.02. The normalized spacial score (nSPS) is 17.5. The van der Waals surface area contributed by atoms with Gasteiger partial charge in [-0.3, -0.25) is 14.5 Å². The third-order valence-corrected chi connectivity index (χ3v) is 5.76. The van der Waals surface area contributed by atoms with Crippen LogP contribution in [0.2, 0.25) is 0 Å². The molecule has 0 saturated carbocycles. The lowest BCUT2D eigenvalue weighted by Crippen LogP contribution is -2.29. The first-order valence-corrected chi connectivity index (χ1v) is 10.9. The summed E-state index contributed by atoms with van der Waals surface area (Å²) < 4.78 is 33.9. The van der Waals surface area contributed by atoms with Gasteiger partial charge >= 0.3 is 0 Å². The number of hydrogen-bond donors (Lipinski definition) is 1. The van der Waals surface area contributed by atoms with E-state index in [1.807, 2.05) is 6.92 Å². The summed E-state index contributed by atoms with van der Waals surface area (Å²) in [5, 5.41) is 11.1. The third kappa shape index (κ3) is 4.26. The number of aliphatic hydroxyl groups is 1. The Kier molecular flexibility index (Phi) is 6.29. The molecule has 3 aromatic carbocycles. The van der Waals surface area contributed by atoms with Crippen molar-refractivity contribution >= 4 is 39.1 Å². The van der Waals surface area contributed by atoms with Crippen LogP contribution in [0.5, 0.6) is 5.75 Å². The number of halogens is 3. The summed E-state index contributed by atoms with van der Waals surface area (Å²) in [6.45, 7) is 2.21. The van der Waals surface area contributed by atoms with Gasteiger partial charge in [0.1, 0.15) is 11.5 Å². The first kappa shape index (κ1) is 22.7. The molecule has 1 heterocycles. The van der Waals surface area contributed by atoms with E-state index in [9.17, 15) is 23.5 Å². The van der Waals surface area contributed by atoms with Crippen molar-refractivity contribution in [2.24, 2.45) is 0 Å². The molecule has 1 saturated heterocycles. The first-order valence-electron chi connectivity index (χ1n) is 10.1. The van der Waals surface area contributed by atoms with Crippen LogP contribution in [0.3, 0.4) is 0 Å². The van der Waals surface area contributed by atoms with Crippen molar-refractivity contribution in [2.45, 2.75) is 13.0 Å². The highest BCUT2D eigenvalue weighted by Crippen LogP contribution is 2.43. The van der Waals surface area contributed by atoms with Crippen LogP contribution in [-0.4, -0.2) is 23.4 Å². The highest BCUT2D eigenvalue weighted by Gasteiger charge is 2.47. The zero-order chi connectivity index (χ0) is 23.7. The lowest BCUT2D eigenvalue weighted by Gasteiger charge is -2.26. The maximum atomic E-state index is 14.0. The number of aliphatic hydroxyl groups excluding tert-OH is 1. The molecule has 1 atom stereocenters. The molecule has 5 nitrogen and oxygen atoms in total. The second kappa shape index (κ2) is 9.15. The Bertz CT molecular complexity index is 1270. The fraction of sp³-hybridized carbons (Fsp3) is 0.120. The molecular weight excluding hydrogens is 496 g/mol. The van der Waals surface area contributed by atoms with Gasteiger partial charge in [0.2, 0.25) is 0 Å². The zero-order valence-corrected chi connectivity index (χ0v) is 19.0. The van der Waals surface area contributed by atoms with Crippen LogP contribution in [0.4, 0.5) is 14.5 Å². The first-order chi connectivity index (χ1) is 15.8. The molecule has 0 radical (unpaired) electrons. The number of carbonyl (C=O) groups is 2. The van der Waals surface area contributed by atoms with Crippen molar-refractivity contribution in [3.63, 3.8) is 0 Å². The van der Waals surface area contributed by atoms with E-state index in [-0.39, 0.29) is 17.0 Å². The number of rotatable bonds is 5. The summed E-state index contributed by atoms with van der Waals surface area (Å²) in [5.74, 6) is -4.03. The summed E-state index contributed by atoms with van der Waals surface area (Å²) in [6, 6.07) is 15.1. The number of amides is 1. The van der Waals surface area contributed by atoms with Crippen molar-refractivity contribution in [1.82, 2.24) is 0 Å². The Morgan fingerprint density at radius 3 is 2.42 bits per heavy atom. The van der Waals surface area contributed by atoms with Crippen molar-refractivity contribution in [1.29, 1.82) is 0 Å². The van der Waals surface area contributed by atoms with E-state index in [1.54, 1.807) is 48.5 Å². The monoisotopic (exact) mass is 513 g/mol. The van der Waals surface area contributed by atoms with E-state index < -0.39 is 29.4 Å². The average molecular weight is 514 g/mol. The van der Waals surface area contributed by atoms with Gasteiger partial charge in [-0.05, 0) is 48.9 Å². The van der Waals surface area contributed by atoms with E-state index in [0.29, 0.717) is 23.5 Å². The van der Waals surface area contributed by atoms with Gasteiger partial charge in [0.15, 0.2) is 11.6 Å². The minimum absolute atomic E-state index is 0.0160.